The van der Waals surface area contributed by atoms with Crippen LogP contribution in [-0.4, -0.2) is 24.9 Å². The molecule has 0 bridgehead atoms. The van der Waals surface area contributed by atoms with Crippen LogP contribution in [0.25, 0.3) is 11.3 Å². The highest BCUT2D eigenvalue weighted by atomic mass is 32.1. The van der Waals surface area contributed by atoms with Crippen molar-refractivity contribution in [3.05, 3.63) is 95.1 Å². The van der Waals surface area contributed by atoms with E-state index < -0.39 is 0 Å². The minimum atomic E-state index is -0.262. The van der Waals surface area contributed by atoms with Crippen LogP contribution in [0.1, 0.15) is 23.6 Å². The number of halogens is 1. The third-order valence-corrected chi connectivity index (χ3v) is 6.49. The Bertz CT molecular complexity index is 1270. The molecule has 7 heteroatoms. The highest BCUT2D eigenvalue weighted by molar-refractivity contribution is 7.14. The van der Waals surface area contributed by atoms with E-state index in [0.717, 1.165) is 51.1 Å². The molecule has 0 spiro atoms. The average molecular weight is 460 g/mol. The van der Waals surface area contributed by atoms with E-state index in [4.69, 9.17) is 19.6 Å². The number of hydrogen-bond acceptors (Lipinski definition) is 6. The molecule has 0 saturated carbocycles. The summed E-state index contributed by atoms with van der Waals surface area (Å²) in [4.78, 5) is 4.83. The minimum Gasteiger partial charge on any atom is -0.497 e. The van der Waals surface area contributed by atoms with Crippen LogP contribution in [0.2, 0.25) is 0 Å². The van der Waals surface area contributed by atoms with Gasteiger partial charge in [-0.25, -0.2) is 14.4 Å². The molecule has 2 heterocycles. The number of ether oxygens (including phenoxy) is 2. The lowest BCUT2D eigenvalue weighted by atomic mass is 9.98. The lowest BCUT2D eigenvalue weighted by molar-refractivity contribution is 0.414. The Hall–Kier alpha value is -3.71. The quantitative estimate of drug-likeness (QED) is 0.338. The van der Waals surface area contributed by atoms with Crippen molar-refractivity contribution in [2.24, 2.45) is 5.10 Å². The molecule has 0 amide bonds. The molecule has 0 radical (unpaired) electrons. The zero-order chi connectivity index (χ0) is 22.8. The Morgan fingerprint density at radius 3 is 2.09 bits per heavy atom. The van der Waals surface area contributed by atoms with Crippen LogP contribution in [0.15, 0.2) is 83.3 Å². The van der Waals surface area contributed by atoms with Gasteiger partial charge >= 0.3 is 0 Å². The Balaban J connectivity index is 1.51. The Morgan fingerprint density at radius 2 is 1.45 bits per heavy atom. The number of methoxy groups -OCH3 is 2. The van der Waals surface area contributed by atoms with E-state index >= 15 is 0 Å². The summed E-state index contributed by atoms with van der Waals surface area (Å²) in [6.07, 6.45) is 0.740. The molecule has 0 saturated heterocycles. The SMILES string of the molecule is COc1ccc(C2=NN(c3nc(-c4ccc(F)cc4)cs3)[C@H](c3ccc(OC)cc3)C2)cc1. The zero-order valence-corrected chi connectivity index (χ0v) is 19.1. The summed E-state index contributed by atoms with van der Waals surface area (Å²) in [7, 11) is 3.32. The van der Waals surface area contributed by atoms with Crippen molar-refractivity contribution in [1.82, 2.24) is 4.98 Å². The standard InChI is InChI=1S/C26H22FN3O2S/c1-31-21-11-5-17(6-12-21)23-15-25(19-7-13-22(32-2)14-8-19)30(29-23)26-28-24(16-33-26)18-3-9-20(27)10-4-18/h3-14,16,25H,15H2,1-2H3/t25-/m0/s1. The van der Waals surface area contributed by atoms with Crippen LogP contribution < -0.4 is 14.5 Å². The zero-order valence-electron chi connectivity index (χ0n) is 18.2. The summed E-state index contributed by atoms with van der Waals surface area (Å²) in [5.74, 6) is 1.36. The van der Waals surface area contributed by atoms with E-state index in [2.05, 4.69) is 12.1 Å². The fourth-order valence-corrected chi connectivity index (χ4v) is 4.69. The molecular weight excluding hydrogens is 437 g/mol. The highest BCUT2D eigenvalue weighted by Gasteiger charge is 2.31. The highest BCUT2D eigenvalue weighted by Crippen LogP contribution is 2.40. The van der Waals surface area contributed by atoms with Gasteiger partial charge in [0.25, 0.3) is 0 Å². The van der Waals surface area contributed by atoms with E-state index in [-0.39, 0.29) is 11.9 Å². The fourth-order valence-electron chi connectivity index (χ4n) is 3.85. The van der Waals surface area contributed by atoms with Crippen LogP contribution in [-0.2, 0) is 0 Å². The van der Waals surface area contributed by atoms with Crippen molar-refractivity contribution >= 4 is 22.2 Å². The van der Waals surface area contributed by atoms with Crippen molar-refractivity contribution < 1.29 is 13.9 Å². The van der Waals surface area contributed by atoms with Crippen LogP contribution in [0.4, 0.5) is 9.52 Å². The number of anilines is 1. The average Bonchev–Trinajstić information content (AvgIpc) is 3.52. The predicted octanol–water partition coefficient (Wildman–Crippen LogP) is 6.32. The first-order valence-corrected chi connectivity index (χ1v) is 11.4. The summed E-state index contributed by atoms with van der Waals surface area (Å²) in [5.41, 5.74) is 4.83. The number of benzene rings is 3. The molecule has 166 valence electrons. The fraction of sp³-hybridized carbons (Fsp3) is 0.154. The van der Waals surface area contributed by atoms with Gasteiger partial charge in [0.05, 0.1) is 31.7 Å². The lowest BCUT2D eigenvalue weighted by Crippen LogP contribution is -2.18. The largest absolute Gasteiger partial charge is 0.497 e. The molecule has 0 unspecified atom stereocenters. The number of thiazole rings is 1. The van der Waals surface area contributed by atoms with E-state index in [1.807, 2.05) is 46.8 Å². The van der Waals surface area contributed by atoms with E-state index in [1.54, 1.807) is 26.4 Å². The number of hydrogen-bond donors (Lipinski definition) is 0. The molecule has 1 aliphatic rings. The molecule has 0 N–H and O–H groups in total. The number of aromatic nitrogens is 1. The van der Waals surface area contributed by atoms with Gasteiger partial charge in [-0.15, -0.1) is 11.3 Å². The Labute approximate surface area is 195 Å². The van der Waals surface area contributed by atoms with Crippen molar-refractivity contribution in [1.29, 1.82) is 0 Å². The molecule has 0 aliphatic carbocycles. The smallest absolute Gasteiger partial charge is 0.207 e. The maximum atomic E-state index is 13.3. The molecule has 33 heavy (non-hydrogen) atoms. The lowest BCUT2D eigenvalue weighted by Gasteiger charge is -2.21. The second-order valence-electron chi connectivity index (χ2n) is 7.64. The van der Waals surface area contributed by atoms with Crippen molar-refractivity contribution in [3.8, 4) is 22.8 Å². The van der Waals surface area contributed by atoms with Gasteiger partial charge in [0.2, 0.25) is 5.13 Å². The molecular formula is C26H22FN3O2S. The second kappa shape index (κ2) is 9.03. The van der Waals surface area contributed by atoms with Gasteiger partial charge in [-0.1, -0.05) is 12.1 Å². The number of rotatable bonds is 6. The molecule has 1 atom stereocenters. The van der Waals surface area contributed by atoms with Crippen LogP contribution in [0.3, 0.4) is 0 Å². The maximum absolute atomic E-state index is 13.3. The molecule has 0 fully saturated rings. The van der Waals surface area contributed by atoms with Gasteiger partial charge < -0.3 is 9.47 Å². The van der Waals surface area contributed by atoms with Gasteiger partial charge in [-0.2, -0.15) is 5.10 Å². The minimum absolute atomic E-state index is 0.000209. The second-order valence-corrected chi connectivity index (χ2v) is 8.47. The van der Waals surface area contributed by atoms with Crippen molar-refractivity contribution in [2.75, 3.05) is 19.2 Å². The van der Waals surface area contributed by atoms with Gasteiger partial charge in [-0.3, -0.25) is 0 Å². The third kappa shape index (κ3) is 4.32. The first-order chi connectivity index (χ1) is 16.1. The number of hydrazone groups is 1. The maximum Gasteiger partial charge on any atom is 0.207 e. The molecule has 5 rings (SSSR count). The molecule has 1 aromatic heterocycles. The first kappa shape index (κ1) is 21.2. The van der Waals surface area contributed by atoms with E-state index in [9.17, 15) is 4.39 Å². The van der Waals surface area contributed by atoms with Gasteiger partial charge in [0.1, 0.15) is 17.3 Å². The molecule has 3 aromatic carbocycles. The Kier molecular flexibility index (Phi) is 5.79. The number of nitrogens with zero attached hydrogens (tertiary/aromatic N) is 3. The summed E-state index contributed by atoms with van der Waals surface area (Å²) in [6.45, 7) is 0. The summed E-state index contributed by atoms with van der Waals surface area (Å²) in [6, 6.07) is 22.4. The van der Waals surface area contributed by atoms with Gasteiger partial charge in [-0.05, 0) is 71.8 Å². The normalized spacial score (nSPS) is 15.4. The van der Waals surface area contributed by atoms with Gasteiger partial charge in [0, 0.05) is 17.4 Å². The summed E-state index contributed by atoms with van der Waals surface area (Å²) in [5, 5.41) is 9.73. The summed E-state index contributed by atoms with van der Waals surface area (Å²) < 4.78 is 24.0. The van der Waals surface area contributed by atoms with Crippen molar-refractivity contribution in [2.45, 2.75) is 12.5 Å². The molecule has 4 aromatic rings. The van der Waals surface area contributed by atoms with E-state index in [0.29, 0.717) is 0 Å². The third-order valence-electron chi connectivity index (χ3n) is 5.66. The molecule has 1 aliphatic heterocycles. The van der Waals surface area contributed by atoms with Crippen LogP contribution >= 0.6 is 11.3 Å². The van der Waals surface area contributed by atoms with Gasteiger partial charge in [0.15, 0.2) is 0 Å². The topological polar surface area (TPSA) is 47.0 Å². The monoisotopic (exact) mass is 459 g/mol. The first-order valence-electron chi connectivity index (χ1n) is 10.5. The summed E-state index contributed by atoms with van der Waals surface area (Å²) >= 11 is 1.52. The molecule has 5 nitrogen and oxygen atoms in total. The predicted molar refractivity (Wildman–Crippen MR) is 130 cm³/mol. The van der Waals surface area contributed by atoms with E-state index in [1.165, 1.54) is 23.5 Å². The van der Waals surface area contributed by atoms with Crippen molar-refractivity contribution in [3.63, 3.8) is 0 Å². The van der Waals surface area contributed by atoms with Crippen LogP contribution in [0, 0.1) is 5.82 Å². The van der Waals surface area contributed by atoms with Crippen LogP contribution in [0.5, 0.6) is 11.5 Å². The Morgan fingerprint density at radius 1 is 0.848 bits per heavy atom.